The number of hydrogen-bond acceptors (Lipinski definition) is 10. The molecular weight excluding hydrogens is 835 g/mol. The molecule has 0 aliphatic carbocycles. The van der Waals surface area contributed by atoms with Crippen LogP contribution in [0.25, 0.3) is 0 Å². The maximum atomic E-state index is 14.3. The number of nitrogens with two attached hydrogens (primary N) is 1. The van der Waals surface area contributed by atoms with Gasteiger partial charge in [-0.15, -0.1) is 0 Å². The highest BCUT2D eigenvalue weighted by atomic mass is 16.2. The highest BCUT2D eigenvalue weighted by Gasteiger charge is 2.40. The van der Waals surface area contributed by atoms with E-state index in [0.29, 0.717) is 12.8 Å². The van der Waals surface area contributed by atoms with E-state index in [4.69, 9.17) is 5.73 Å². The van der Waals surface area contributed by atoms with E-state index in [-0.39, 0.29) is 49.0 Å². The standard InChI is InChI=1S/C47H86N9O9/c1-26(2)20-34(52(15)39(58)24-48)43(61)51-40(31(11)12)47(65)53(16)35(21-27(3)4)42(60)49-32(13)41(59)50-33(14)44(62)54(17)36(22-28(5)6)45(63)55(18)37(23-29(7)8)46(64)56(19)38(25-57)30(9)10/h26-38,40H,20-24,48H2,1-19H3,(H,49,60)(H,50,59)(H,51,61)/t32-,33-,34-,35-,36+,37+,38-,40-/m1/s1. The molecule has 0 aliphatic heterocycles. The number of nitrogens with zero attached hydrogens (tertiary/aromatic N) is 5. The largest absolute Gasteiger partial charge is 0.343 e. The summed E-state index contributed by atoms with van der Waals surface area (Å²) in [6, 6.07) is -8.02. The van der Waals surface area contributed by atoms with Crippen molar-refractivity contribution < 1.29 is 43.2 Å². The molecule has 18 heteroatoms. The molecule has 0 aromatic rings. The van der Waals surface area contributed by atoms with Gasteiger partial charge in [0.1, 0.15) is 48.3 Å². The summed E-state index contributed by atoms with van der Waals surface area (Å²) in [6.45, 7) is 25.0. The molecule has 8 atom stereocenters. The molecule has 0 unspecified atom stereocenters. The highest BCUT2D eigenvalue weighted by molar-refractivity contribution is 5.97. The molecule has 0 aliphatic rings. The molecule has 0 spiro atoms. The van der Waals surface area contributed by atoms with Crippen LogP contribution >= 0.6 is 0 Å². The van der Waals surface area contributed by atoms with E-state index < -0.39 is 102 Å². The van der Waals surface area contributed by atoms with Gasteiger partial charge >= 0.3 is 0 Å². The fraction of sp³-hybridized carbons (Fsp3) is 0.809. The number of amides is 8. The van der Waals surface area contributed by atoms with Crippen molar-refractivity contribution in [3.63, 3.8) is 0 Å². The van der Waals surface area contributed by atoms with Crippen LogP contribution < -0.4 is 21.7 Å². The van der Waals surface area contributed by atoms with Crippen molar-refractivity contribution in [1.29, 1.82) is 0 Å². The predicted octanol–water partition coefficient (Wildman–Crippen LogP) is 2.18. The fourth-order valence-corrected chi connectivity index (χ4v) is 7.63. The van der Waals surface area contributed by atoms with Crippen molar-refractivity contribution >= 4 is 53.5 Å². The van der Waals surface area contributed by atoms with Gasteiger partial charge in [0.2, 0.25) is 53.5 Å². The fourth-order valence-electron chi connectivity index (χ4n) is 7.63. The molecule has 0 rings (SSSR count). The van der Waals surface area contributed by atoms with Crippen LogP contribution in [0.3, 0.4) is 0 Å². The van der Waals surface area contributed by atoms with Crippen LogP contribution in [0.5, 0.6) is 0 Å². The molecule has 1 radical (unpaired) electrons. The maximum absolute atomic E-state index is 14.3. The Bertz CT molecular complexity index is 1620. The first-order chi connectivity index (χ1) is 29.9. The zero-order chi connectivity index (χ0) is 51.0. The summed E-state index contributed by atoms with van der Waals surface area (Å²) in [5, 5.41) is 8.17. The zero-order valence-electron chi connectivity index (χ0n) is 43.1. The molecule has 18 nitrogen and oxygen atoms in total. The maximum Gasteiger partial charge on any atom is 0.245 e. The molecule has 0 bridgehead atoms. The lowest BCUT2D eigenvalue weighted by molar-refractivity contribution is -0.152. The topological polar surface area (TPSA) is 232 Å². The van der Waals surface area contributed by atoms with E-state index in [0.717, 1.165) is 0 Å². The van der Waals surface area contributed by atoms with Crippen molar-refractivity contribution in [3.8, 4) is 0 Å². The molecule has 0 saturated carbocycles. The lowest BCUT2D eigenvalue weighted by Crippen LogP contribution is -2.60. The quantitative estimate of drug-likeness (QED) is 0.0939. The van der Waals surface area contributed by atoms with Gasteiger partial charge in [0.15, 0.2) is 0 Å². The summed E-state index contributed by atoms with van der Waals surface area (Å²) in [6.07, 6.45) is 3.05. The second-order valence-corrected chi connectivity index (χ2v) is 20.1. The van der Waals surface area contributed by atoms with Crippen LogP contribution in [0.15, 0.2) is 0 Å². The van der Waals surface area contributed by atoms with Gasteiger partial charge in [-0.3, -0.25) is 43.2 Å². The van der Waals surface area contributed by atoms with E-state index >= 15 is 0 Å². The molecule has 0 heterocycles. The summed E-state index contributed by atoms with van der Waals surface area (Å²) in [5.41, 5.74) is 5.58. The molecular formula is C47H86N9O9. The van der Waals surface area contributed by atoms with Crippen LogP contribution in [0.2, 0.25) is 0 Å². The Kier molecular flexibility index (Phi) is 25.8. The van der Waals surface area contributed by atoms with Gasteiger partial charge in [0, 0.05) is 35.2 Å². The van der Waals surface area contributed by atoms with Gasteiger partial charge in [-0.2, -0.15) is 0 Å². The van der Waals surface area contributed by atoms with Crippen LogP contribution in [-0.4, -0.2) is 168 Å². The third-order valence-electron chi connectivity index (χ3n) is 11.7. The van der Waals surface area contributed by atoms with Gasteiger partial charge < -0.3 is 46.2 Å². The number of hydrogen-bond donors (Lipinski definition) is 4. The Morgan fingerprint density at radius 3 is 1.17 bits per heavy atom. The van der Waals surface area contributed by atoms with Gasteiger partial charge in [0.05, 0.1) is 6.54 Å². The smallest absolute Gasteiger partial charge is 0.245 e. The van der Waals surface area contributed by atoms with E-state index in [1.165, 1.54) is 73.6 Å². The van der Waals surface area contributed by atoms with Crippen LogP contribution in [0.4, 0.5) is 0 Å². The number of nitrogens with one attached hydrogen (secondary N) is 3. The van der Waals surface area contributed by atoms with Crippen molar-refractivity contribution in [2.45, 2.75) is 171 Å². The predicted molar refractivity (Wildman–Crippen MR) is 252 cm³/mol. The zero-order valence-corrected chi connectivity index (χ0v) is 43.1. The normalized spacial score (nSPS) is 15.4. The molecule has 0 aromatic heterocycles. The lowest BCUT2D eigenvalue weighted by atomic mass is 9.96. The number of rotatable bonds is 27. The average molecular weight is 921 g/mol. The second kappa shape index (κ2) is 27.8. The van der Waals surface area contributed by atoms with E-state index in [1.54, 1.807) is 27.7 Å². The third-order valence-corrected chi connectivity index (χ3v) is 11.7. The molecule has 0 fully saturated rings. The van der Waals surface area contributed by atoms with Gasteiger partial charge in [0.25, 0.3) is 0 Å². The number of carbonyl (C=O) groups excluding carboxylic acids is 9. The Morgan fingerprint density at radius 2 is 0.785 bits per heavy atom. The Balaban J connectivity index is 6.35. The van der Waals surface area contributed by atoms with Crippen molar-refractivity contribution in [3.05, 3.63) is 0 Å². The van der Waals surface area contributed by atoms with Crippen LogP contribution in [0.1, 0.15) is 123 Å². The van der Waals surface area contributed by atoms with Gasteiger partial charge in [-0.1, -0.05) is 83.1 Å². The Morgan fingerprint density at radius 1 is 0.431 bits per heavy atom. The minimum Gasteiger partial charge on any atom is -0.343 e. The Hall–Kier alpha value is -4.61. The summed E-state index contributed by atoms with van der Waals surface area (Å²) < 4.78 is 0. The van der Waals surface area contributed by atoms with Crippen molar-refractivity contribution in [2.24, 2.45) is 41.2 Å². The summed E-state index contributed by atoms with van der Waals surface area (Å²) >= 11 is 0. The summed E-state index contributed by atoms with van der Waals surface area (Å²) in [7, 11) is 7.46. The molecule has 373 valence electrons. The summed E-state index contributed by atoms with van der Waals surface area (Å²) in [5.74, 6) is -4.95. The summed E-state index contributed by atoms with van der Waals surface area (Å²) in [4.78, 5) is 128. The van der Waals surface area contributed by atoms with E-state index in [1.807, 2.05) is 61.7 Å². The van der Waals surface area contributed by atoms with Crippen LogP contribution in [-0.2, 0) is 43.2 Å². The number of carbonyl (C=O) groups is 8. The second-order valence-electron chi connectivity index (χ2n) is 20.1. The first kappa shape index (κ1) is 60.4. The Labute approximate surface area is 390 Å². The van der Waals surface area contributed by atoms with Gasteiger partial charge in [-0.25, -0.2) is 0 Å². The first-order valence-electron chi connectivity index (χ1n) is 23.2. The minimum absolute atomic E-state index is 0.00727. The van der Waals surface area contributed by atoms with Crippen molar-refractivity contribution in [1.82, 2.24) is 40.4 Å². The van der Waals surface area contributed by atoms with E-state index in [2.05, 4.69) is 16.0 Å². The lowest BCUT2D eigenvalue weighted by Gasteiger charge is -2.38. The molecule has 0 aromatic carbocycles. The van der Waals surface area contributed by atoms with Gasteiger partial charge in [-0.05, 0) is 75.0 Å². The molecule has 0 saturated heterocycles. The number of likely N-dealkylation sites (N-methyl/N-ethyl adjacent to an activating group) is 5. The average Bonchev–Trinajstić information content (AvgIpc) is 3.21. The molecule has 5 N–H and O–H groups in total. The van der Waals surface area contributed by atoms with Crippen molar-refractivity contribution in [2.75, 3.05) is 41.8 Å². The monoisotopic (exact) mass is 921 g/mol. The SMILES string of the molecule is CC(C)C[C@H](C(=O)N[C@@H](C(=O)N(C)[C@H](CC(C)C)C(=O)N[C@H](C)C(=O)N[C@H](C)C(=O)N(C)[C@@H](CC(C)C)C(=O)N(C)[C@@H](CC(C)C)C(=O)N(C)[C@H]([C]=O)C(C)C)C(C)C)N(C)C(=O)CN. The van der Waals surface area contributed by atoms with E-state index in [9.17, 15) is 43.2 Å². The molecule has 65 heavy (non-hydrogen) atoms. The molecule has 8 amide bonds. The van der Waals surface area contributed by atoms with Crippen LogP contribution in [0, 0.1) is 35.5 Å². The minimum atomic E-state index is -1.16. The highest BCUT2D eigenvalue weighted by Crippen LogP contribution is 2.22. The third kappa shape index (κ3) is 18.3. The first-order valence-corrected chi connectivity index (χ1v) is 23.2.